The van der Waals surface area contributed by atoms with Crippen LogP contribution in [0.5, 0.6) is 0 Å². The van der Waals surface area contributed by atoms with E-state index in [4.69, 9.17) is 10.5 Å². The van der Waals surface area contributed by atoms with Crippen molar-refractivity contribution in [1.29, 1.82) is 0 Å². The maximum absolute atomic E-state index is 12.1. The summed E-state index contributed by atoms with van der Waals surface area (Å²) >= 11 is 1.66. The molecule has 1 aromatic rings. The Morgan fingerprint density at radius 2 is 2.39 bits per heavy atom. The molecular weight excluding hydrogens is 248 g/mol. The standard InChI is InChI=1S/C13H22N2O2S/c1-3-11(14)9-13(16)15(6-7-17-2)10-12-5-4-8-18-12/h4-5,8,11H,3,6-7,9-10,14H2,1-2H3. The zero-order valence-corrected chi connectivity index (χ0v) is 11.9. The fourth-order valence-electron chi connectivity index (χ4n) is 1.58. The Morgan fingerprint density at radius 3 is 2.94 bits per heavy atom. The highest BCUT2D eigenvalue weighted by Crippen LogP contribution is 2.13. The van der Waals surface area contributed by atoms with Crippen molar-refractivity contribution in [2.24, 2.45) is 5.73 Å². The molecule has 0 saturated carbocycles. The molecule has 0 radical (unpaired) electrons. The third-order valence-corrected chi connectivity index (χ3v) is 3.67. The summed E-state index contributed by atoms with van der Waals surface area (Å²) in [6.07, 6.45) is 1.23. The van der Waals surface area contributed by atoms with Gasteiger partial charge in [0.15, 0.2) is 0 Å². The summed E-state index contributed by atoms with van der Waals surface area (Å²) in [5.41, 5.74) is 5.84. The fraction of sp³-hybridized carbons (Fsp3) is 0.615. The maximum Gasteiger partial charge on any atom is 0.224 e. The summed E-state index contributed by atoms with van der Waals surface area (Å²) in [5, 5.41) is 2.02. The minimum Gasteiger partial charge on any atom is -0.383 e. The summed E-state index contributed by atoms with van der Waals surface area (Å²) in [7, 11) is 1.64. The van der Waals surface area contributed by atoms with Crippen LogP contribution < -0.4 is 5.73 Å². The smallest absolute Gasteiger partial charge is 0.224 e. The molecule has 1 amide bonds. The summed E-state index contributed by atoms with van der Waals surface area (Å²) in [6, 6.07) is 3.99. The first-order valence-corrected chi connectivity index (χ1v) is 7.10. The van der Waals surface area contributed by atoms with Crippen LogP contribution in [-0.4, -0.2) is 37.1 Å². The van der Waals surface area contributed by atoms with Crippen molar-refractivity contribution in [2.45, 2.75) is 32.4 Å². The number of carbonyl (C=O) groups is 1. The van der Waals surface area contributed by atoms with Gasteiger partial charge in [0, 0.05) is 31.0 Å². The summed E-state index contributed by atoms with van der Waals surface area (Å²) in [5.74, 6) is 0.106. The van der Waals surface area contributed by atoms with Crippen LogP contribution in [0.15, 0.2) is 17.5 Å². The number of methoxy groups -OCH3 is 1. The Morgan fingerprint density at radius 1 is 1.61 bits per heavy atom. The van der Waals surface area contributed by atoms with Crippen molar-refractivity contribution in [3.63, 3.8) is 0 Å². The molecule has 0 bridgehead atoms. The van der Waals surface area contributed by atoms with Gasteiger partial charge in [-0.05, 0) is 17.9 Å². The van der Waals surface area contributed by atoms with Gasteiger partial charge >= 0.3 is 0 Å². The van der Waals surface area contributed by atoms with Gasteiger partial charge in [0.1, 0.15) is 0 Å². The monoisotopic (exact) mass is 270 g/mol. The highest BCUT2D eigenvalue weighted by molar-refractivity contribution is 7.09. The van der Waals surface area contributed by atoms with E-state index >= 15 is 0 Å². The number of hydrogen-bond donors (Lipinski definition) is 1. The normalized spacial score (nSPS) is 12.4. The maximum atomic E-state index is 12.1. The highest BCUT2D eigenvalue weighted by Gasteiger charge is 2.16. The van der Waals surface area contributed by atoms with Crippen LogP contribution in [0.25, 0.3) is 0 Å². The predicted molar refractivity (Wildman–Crippen MR) is 74.5 cm³/mol. The van der Waals surface area contributed by atoms with E-state index in [9.17, 15) is 4.79 Å². The zero-order valence-electron chi connectivity index (χ0n) is 11.1. The minimum absolute atomic E-state index is 0.0501. The zero-order chi connectivity index (χ0) is 13.4. The van der Waals surface area contributed by atoms with Gasteiger partial charge in [-0.1, -0.05) is 13.0 Å². The average molecular weight is 270 g/mol. The van der Waals surface area contributed by atoms with Gasteiger partial charge in [-0.2, -0.15) is 0 Å². The summed E-state index contributed by atoms with van der Waals surface area (Å²) < 4.78 is 5.05. The second-order valence-electron chi connectivity index (χ2n) is 4.26. The van der Waals surface area contributed by atoms with E-state index in [1.807, 2.05) is 29.3 Å². The molecule has 1 unspecified atom stereocenters. The van der Waals surface area contributed by atoms with E-state index in [1.54, 1.807) is 18.4 Å². The van der Waals surface area contributed by atoms with Crippen molar-refractivity contribution in [1.82, 2.24) is 4.90 Å². The molecule has 0 aliphatic heterocycles. The molecule has 102 valence electrons. The number of nitrogens with two attached hydrogens (primary N) is 1. The molecule has 5 heteroatoms. The van der Waals surface area contributed by atoms with E-state index in [1.165, 1.54) is 4.88 Å². The molecule has 2 N–H and O–H groups in total. The first-order valence-electron chi connectivity index (χ1n) is 6.22. The van der Waals surface area contributed by atoms with Crippen molar-refractivity contribution in [2.75, 3.05) is 20.3 Å². The van der Waals surface area contributed by atoms with E-state index in [0.29, 0.717) is 26.1 Å². The van der Waals surface area contributed by atoms with Gasteiger partial charge in [-0.25, -0.2) is 0 Å². The molecule has 1 rings (SSSR count). The lowest BCUT2D eigenvalue weighted by Gasteiger charge is -2.23. The van der Waals surface area contributed by atoms with Crippen LogP contribution in [-0.2, 0) is 16.1 Å². The number of hydrogen-bond acceptors (Lipinski definition) is 4. The van der Waals surface area contributed by atoms with Crippen molar-refractivity contribution >= 4 is 17.2 Å². The van der Waals surface area contributed by atoms with Crippen molar-refractivity contribution < 1.29 is 9.53 Å². The van der Waals surface area contributed by atoms with E-state index in [-0.39, 0.29) is 11.9 Å². The van der Waals surface area contributed by atoms with Gasteiger partial charge in [-0.15, -0.1) is 11.3 Å². The molecule has 0 aliphatic rings. The molecule has 1 aromatic heterocycles. The second kappa shape index (κ2) is 8.24. The number of thiophene rings is 1. The molecule has 1 atom stereocenters. The Hall–Kier alpha value is -0.910. The van der Waals surface area contributed by atoms with Gasteiger partial charge in [0.25, 0.3) is 0 Å². The molecule has 0 saturated heterocycles. The molecule has 0 spiro atoms. The van der Waals surface area contributed by atoms with Crippen LogP contribution in [0.2, 0.25) is 0 Å². The van der Waals surface area contributed by atoms with Gasteiger partial charge in [0.05, 0.1) is 13.2 Å². The van der Waals surface area contributed by atoms with E-state index in [2.05, 4.69) is 0 Å². The highest BCUT2D eigenvalue weighted by atomic mass is 32.1. The molecule has 1 heterocycles. The topological polar surface area (TPSA) is 55.6 Å². The summed E-state index contributed by atoms with van der Waals surface area (Å²) in [6.45, 7) is 3.81. The Labute approximate surface area is 113 Å². The number of amides is 1. The predicted octanol–water partition coefficient (Wildman–Crippen LogP) is 1.85. The first kappa shape index (κ1) is 15.1. The molecular formula is C13H22N2O2S. The van der Waals surface area contributed by atoms with Gasteiger partial charge < -0.3 is 15.4 Å². The van der Waals surface area contributed by atoms with Crippen LogP contribution in [0.4, 0.5) is 0 Å². The van der Waals surface area contributed by atoms with Crippen LogP contribution in [0.3, 0.4) is 0 Å². The number of ether oxygens (including phenoxy) is 1. The average Bonchev–Trinajstić information content (AvgIpc) is 2.86. The number of carbonyl (C=O) groups excluding carboxylic acids is 1. The fourth-order valence-corrected chi connectivity index (χ4v) is 2.30. The van der Waals surface area contributed by atoms with Crippen LogP contribution in [0.1, 0.15) is 24.6 Å². The van der Waals surface area contributed by atoms with Crippen molar-refractivity contribution in [3.05, 3.63) is 22.4 Å². The lowest BCUT2D eigenvalue weighted by Crippen LogP contribution is -2.37. The molecule has 18 heavy (non-hydrogen) atoms. The lowest BCUT2D eigenvalue weighted by atomic mass is 10.1. The Kier molecular flexibility index (Phi) is 6.93. The third kappa shape index (κ3) is 5.16. The second-order valence-corrected chi connectivity index (χ2v) is 5.29. The third-order valence-electron chi connectivity index (χ3n) is 2.81. The molecule has 0 aliphatic carbocycles. The lowest BCUT2D eigenvalue weighted by molar-refractivity contribution is -0.132. The minimum atomic E-state index is -0.0501. The van der Waals surface area contributed by atoms with Crippen LogP contribution in [0, 0.1) is 0 Å². The largest absolute Gasteiger partial charge is 0.383 e. The van der Waals surface area contributed by atoms with Gasteiger partial charge in [-0.3, -0.25) is 4.79 Å². The van der Waals surface area contributed by atoms with Crippen molar-refractivity contribution in [3.8, 4) is 0 Å². The van der Waals surface area contributed by atoms with E-state index < -0.39 is 0 Å². The van der Waals surface area contributed by atoms with Gasteiger partial charge in [0.2, 0.25) is 5.91 Å². The van der Waals surface area contributed by atoms with Crippen LogP contribution >= 0.6 is 11.3 Å². The molecule has 0 fully saturated rings. The quantitative estimate of drug-likeness (QED) is 0.784. The Balaban J connectivity index is 2.56. The summed E-state index contributed by atoms with van der Waals surface area (Å²) in [4.78, 5) is 15.1. The Bertz CT molecular complexity index is 341. The molecule has 4 nitrogen and oxygen atoms in total. The SMILES string of the molecule is CCC(N)CC(=O)N(CCOC)Cc1cccs1. The number of nitrogens with zero attached hydrogens (tertiary/aromatic N) is 1. The first-order chi connectivity index (χ1) is 8.67. The van der Waals surface area contributed by atoms with E-state index in [0.717, 1.165) is 6.42 Å². The molecule has 0 aromatic carbocycles. The number of rotatable bonds is 8.